The number of hydrazine groups is 1. The first-order valence-electron chi connectivity index (χ1n) is 7.61. The Morgan fingerprint density at radius 2 is 0.875 bits per heavy atom. The molecule has 0 aliphatic heterocycles. The Kier molecular flexibility index (Phi) is 5.99. The third-order valence-corrected chi connectivity index (χ3v) is 3.71. The Hall–Kier alpha value is -5.56. The Morgan fingerprint density at radius 1 is 0.500 bits per heavy atom. The summed E-state index contributed by atoms with van der Waals surface area (Å²) in [6.07, 6.45) is 0. The van der Waals surface area contributed by atoms with Gasteiger partial charge in [0.05, 0.1) is 29.5 Å². The van der Waals surface area contributed by atoms with E-state index in [1.807, 2.05) is 5.43 Å². The summed E-state index contributed by atoms with van der Waals surface area (Å²) < 4.78 is 0. The normalized spacial score (nSPS) is 10.1. The lowest BCUT2D eigenvalue weighted by Crippen LogP contribution is -2.16. The third kappa shape index (κ3) is 3.93. The number of hydrogen-bond donors (Lipinski definition) is 2. The molecule has 0 aliphatic carbocycles. The fraction of sp³-hybridized carbons (Fsp3) is 0. The molecule has 2 aromatic rings. The van der Waals surface area contributed by atoms with Crippen LogP contribution in [0.1, 0.15) is 0 Å². The number of anilines is 2. The number of nitro groups is 6. The Bertz CT molecular complexity index is 1160. The van der Waals surface area contributed by atoms with Crippen molar-refractivity contribution in [3.05, 3.63) is 85.0 Å². The summed E-state index contributed by atoms with van der Waals surface area (Å²) in [5.41, 5.74) is -8.73. The van der Waals surface area contributed by atoms with E-state index < -0.39 is 75.0 Å². The highest BCUT2D eigenvalue weighted by Gasteiger charge is 2.54. The van der Waals surface area contributed by atoms with Gasteiger partial charge in [-0.15, -0.1) is 0 Å². The van der Waals surface area contributed by atoms with Crippen molar-refractivity contribution < 1.29 is 29.5 Å². The highest BCUT2D eigenvalue weighted by molar-refractivity contribution is 5.95. The molecule has 2 rings (SSSR count). The van der Waals surface area contributed by atoms with Gasteiger partial charge < -0.3 is 0 Å². The van der Waals surface area contributed by atoms with Gasteiger partial charge in [0, 0.05) is 6.07 Å². The number of nitrogens with zero attached hydrogens (tertiary/aromatic N) is 6. The number of benzene rings is 2. The Balaban J connectivity index is 2.95. The molecule has 0 unspecified atom stereocenters. The van der Waals surface area contributed by atoms with Gasteiger partial charge in [0.15, 0.2) is 0 Å². The van der Waals surface area contributed by atoms with Crippen LogP contribution in [0.25, 0.3) is 0 Å². The minimum atomic E-state index is -2.09. The second kappa shape index (κ2) is 8.44. The molecule has 0 radical (unpaired) electrons. The Morgan fingerprint density at radius 3 is 1.25 bits per heavy atom. The van der Waals surface area contributed by atoms with Crippen LogP contribution in [0.3, 0.4) is 0 Å². The van der Waals surface area contributed by atoms with E-state index in [1.54, 1.807) is 5.43 Å². The molecule has 2 aromatic carbocycles. The van der Waals surface area contributed by atoms with Crippen LogP contribution >= 0.6 is 0 Å². The zero-order chi connectivity index (χ0) is 24.3. The number of nitrogens with one attached hydrogen (secondary N) is 2. The highest BCUT2D eigenvalue weighted by atomic mass is 16.7. The van der Waals surface area contributed by atoms with Crippen LogP contribution in [0.2, 0.25) is 0 Å². The van der Waals surface area contributed by atoms with E-state index in [0.717, 1.165) is 12.1 Å². The summed E-state index contributed by atoms with van der Waals surface area (Å²) >= 11 is 0. The van der Waals surface area contributed by atoms with Crippen molar-refractivity contribution >= 4 is 45.5 Å². The van der Waals surface area contributed by atoms with Crippen molar-refractivity contribution in [2.24, 2.45) is 0 Å². The molecule has 0 heterocycles. The van der Waals surface area contributed by atoms with Crippen LogP contribution in [-0.4, -0.2) is 29.5 Å². The van der Waals surface area contributed by atoms with E-state index in [9.17, 15) is 60.7 Å². The van der Waals surface area contributed by atoms with E-state index in [0.29, 0.717) is 0 Å². The first kappa shape index (κ1) is 22.7. The molecule has 0 fully saturated rings. The van der Waals surface area contributed by atoms with Gasteiger partial charge >= 0.3 is 28.4 Å². The lowest BCUT2D eigenvalue weighted by atomic mass is 10.1. The molecule has 20 heteroatoms. The number of rotatable bonds is 9. The van der Waals surface area contributed by atoms with E-state index in [1.165, 1.54) is 12.1 Å². The van der Waals surface area contributed by atoms with Crippen LogP contribution in [0.15, 0.2) is 24.3 Å². The molecule has 0 saturated carbocycles. The van der Waals surface area contributed by atoms with Gasteiger partial charge in [-0.25, -0.2) is 0 Å². The van der Waals surface area contributed by atoms with Crippen molar-refractivity contribution in [1.82, 2.24) is 0 Å². The van der Waals surface area contributed by atoms with Gasteiger partial charge in [-0.05, 0) is 6.07 Å². The van der Waals surface area contributed by atoms with Crippen molar-refractivity contribution in [2.75, 3.05) is 10.9 Å². The first-order chi connectivity index (χ1) is 14.9. The lowest BCUT2D eigenvalue weighted by molar-refractivity contribution is -0.459. The number of nitro benzene ring substituents is 6. The zero-order valence-electron chi connectivity index (χ0n) is 14.9. The van der Waals surface area contributed by atoms with Crippen LogP contribution < -0.4 is 10.9 Å². The summed E-state index contributed by atoms with van der Waals surface area (Å²) in [4.78, 5) is 58.7. The second-order valence-electron chi connectivity index (χ2n) is 5.43. The van der Waals surface area contributed by atoms with Crippen LogP contribution in [0, 0.1) is 60.7 Å². The van der Waals surface area contributed by atoms with Gasteiger partial charge in [-0.2, -0.15) is 0 Å². The maximum absolute atomic E-state index is 11.5. The van der Waals surface area contributed by atoms with E-state index in [2.05, 4.69) is 0 Å². The van der Waals surface area contributed by atoms with Crippen molar-refractivity contribution in [2.45, 2.75) is 0 Å². The summed E-state index contributed by atoms with van der Waals surface area (Å²) in [7, 11) is 0. The van der Waals surface area contributed by atoms with Crippen LogP contribution in [0.5, 0.6) is 0 Å². The van der Waals surface area contributed by atoms with Gasteiger partial charge in [0.25, 0.3) is 5.69 Å². The summed E-state index contributed by atoms with van der Waals surface area (Å²) in [5, 5.41) is 67.9. The average Bonchev–Trinajstić information content (AvgIpc) is 2.69. The molecule has 166 valence electrons. The minimum Gasteiger partial charge on any atom is -0.294 e. The minimum absolute atomic E-state index is 0.454. The van der Waals surface area contributed by atoms with Gasteiger partial charge in [0.2, 0.25) is 5.69 Å². The average molecular weight is 454 g/mol. The second-order valence-corrected chi connectivity index (χ2v) is 5.43. The zero-order valence-corrected chi connectivity index (χ0v) is 14.9. The molecule has 0 amide bonds. The maximum atomic E-state index is 11.5. The molecular weight excluding hydrogens is 448 g/mol. The van der Waals surface area contributed by atoms with Crippen LogP contribution in [0.4, 0.5) is 45.5 Å². The van der Waals surface area contributed by atoms with Gasteiger partial charge in [-0.3, -0.25) is 71.5 Å². The molecule has 0 bridgehead atoms. The van der Waals surface area contributed by atoms with Gasteiger partial charge in [0.1, 0.15) is 5.69 Å². The molecule has 0 spiro atoms. The SMILES string of the molecule is O=[N+]([O-])c1ccccc1NNc1c([N+](=O)[O-])c([N+](=O)[O-])c([N+](=O)[O-])c([N+](=O)[O-])c1[N+](=O)[O-]. The monoisotopic (exact) mass is 454 g/mol. The van der Waals surface area contributed by atoms with E-state index in [4.69, 9.17) is 0 Å². The molecular formula is C12H6N8O12. The largest absolute Gasteiger partial charge is 0.437 e. The predicted octanol–water partition coefficient (Wildman–Crippen LogP) is 2.57. The molecule has 0 aliphatic rings. The predicted molar refractivity (Wildman–Crippen MR) is 100 cm³/mol. The number of hydrogen-bond acceptors (Lipinski definition) is 14. The Labute approximate surface area is 171 Å². The fourth-order valence-corrected chi connectivity index (χ4v) is 2.55. The van der Waals surface area contributed by atoms with Crippen LogP contribution in [-0.2, 0) is 0 Å². The van der Waals surface area contributed by atoms with Crippen molar-refractivity contribution in [3.8, 4) is 0 Å². The molecule has 0 aromatic heterocycles. The number of para-hydroxylation sites is 2. The van der Waals surface area contributed by atoms with Crippen molar-refractivity contribution in [3.63, 3.8) is 0 Å². The molecule has 20 nitrogen and oxygen atoms in total. The summed E-state index contributed by atoms with van der Waals surface area (Å²) in [6.45, 7) is 0. The standard InChI is InChI=1S/C12H6N8O12/c21-15(22)6-4-2-1-3-5(6)13-14-7-8(16(23)24)10(18(27)28)12(20(31)32)11(19(29)30)9(7)17(25)26/h1-4,13-14H. The smallest absolute Gasteiger partial charge is 0.294 e. The quantitative estimate of drug-likeness (QED) is 0.406. The highest BCUT2D eigenvalue weighted by Crippen LogP contribution is 2.54. The van der Waals surface area contributed by atoms with Gasteiger partial charge in [-0.1, -0.05) is 12.1 Å². The molecule has 2 N–H and O–H groups in total. The maximum Gasteiger partial charge on any atom is 0.437 e. The first-order valence-corrected chi connectivity index (χ1v) is 7.61. The topological polar surface area (TPSA) is 283 Å². The molecule has 32 heavy (non-hydrogen) atoms. The van der Waals surface area contributed by atoms with E-state index >= 15 is 0 Å². The lowest BCUT2D eigenvalue weighted by Gasteiger charge is -2.11. The molecule has 0 atom stereocenters. The van der Waals surface area contributed by atoms with E-state index in [-0.39, 0.29) is 0 Å². The summed E-state index contributed by atoms with van der Waals surface area (Å²) in [5.74, 6) is 0. The fourth-order valence-electron chi connectivity index (χ4n) is 2.55. The third-order valence-electron chi connectivity index (χ3n) is 3.71. The summed E-state index contributed by atoms with van der Waals surface area (Å²) in [6, 6.07) is 4.43. The molecule has 0 saturated heterocycles. The van der Waals surface area contributed by atoms with Crippen molar-refractivity contribution in [1.29, 1.82) is 0 Å².